The molecule has 2 aromatic heterocycles. The average molecular weight is 266 g/mol. The summed E-state index contributed by atoms with van der Waals surface area (Å²) in [5.41, 5.74) is 3.34. The molecule has 0 aliphatic heterocycles. The van der Waals surface area contributed by atoms with Crippen molar-refractivity contribution in [1.82, 2.24) is 19.6 Å². The zero-order valence-corrected chi connectivity index (χ0v) is 12.0. The van der Waals surface area contributed by atoms with Gasteiger partial charge in [-0.05, 0) is 13.8 Å². The van der Waals surface area contributed by atoms with Crippen LogP contribution in [0.4, 0.5) is 0 Å². The Kier molecular flexibility index (Phi) is 3.68. The highest BCUT2D eigenvalue weighted by molar-refractivity contribution is 7.15. The van der Waals surface area contributed by atoms with Crippen molar-refractivity contribution in [2.24, 2.45) is 0 Å². The molecule has 0 aliphatic carbocycles. The van der Waals surface area contributed by atoms with Crippen LogP contribution in [0.2, 0.25) is 0 Å². The van der Waals surface area contributed by atoms with Crippen molar-refractivity contribution in [2.75, 3.05) is 20.6 Å². The number of nitrogens with zero attached hydrogens (tertiary/aromatic N) is 3. The molecule has 0 atom stereocenters. The molecular weight excluding hydrogens is 248 g/mol. The summed E-state index contributed by atoms with van der Waals surface area (Å²) in [6.07, 6.45) is 0. The molecule has 2 rings (SSSR count). The van der Waals surface area contributed by atoms with Crippen molar-refractivity contribution in [3.8, 4) is 0 Å². The first-order valence-electron chi connectivity index (χ1n) is 5.83. The second-order valence-electron chi connectivity index (χ2n) is 4.53. The molecule has 0 unspecified atom stereocenters. The first-order valence-corrected chi connectivity index (χ1v) is 6.71. The van der Waals surface area contributed by atoms with Gasteiger partial charge in [-0.15, -0.1) is 11.3 Å². The van der Waals surface area contributed by atoms with Gasteiger partial charge in [0.15, 0.2) is 4.96 Å². The number of hydrogen-bond acceptors (Lipinski definition) is 4. The lowest BCUT2D eigenvalue weighted by atomic mass is 10.3. The van der Waals surface area contributed by atoms with Crippen LogP contribution in [-0.2, 0) is 11.3 Å². The molecule has 6 heteroatoms. The van der Waals surface area contributed by atoms with Crippen molar-refractivity contribution in [1.29, 1.82) is 0 Å². The van der Waals surface area contributed by atoms with E-state index in [2.05, 4.69) is 27.0 Å². The monoisotopic (exact) mass is 266 g/mol. The number of imidazole rings is 1. The van der Waals surface area contributed by atoms with Crippen LogP contribution in [0.15, 0.2) is 5.38 Å². The summed E-state index contributed by atoms with van der Waals surface area (Å²) in [5, 5.41) is 5.26. The van der Waals surface area contributed by atoms with Crippen LogP contribution in [-0.4, -0.2) is 40.8 Å². The van der Waals surface area contributed by atoms with Crippen molar-refractivity contribution in [2.45, 2.75) is 20.4 Å². The Morgan fingerprint density at radius 1 is 1.50 bits per heavy atom. The molecule has 1 amide bonds. The summed E-state index contributed by atoms with van der Waals surface area (Å²) in [5.74, 6) is 0.0791. The van der Waals surface area contributed by atoms with Crippen molar-refractivity contribution >= 4 is 22.2 Å². The van der Waals surface area contributed by atoms with Gasteiger partial charge in [0.1, 0.15) is 0 Å². The smallest absolute Gasteiger partial charge is 0.236 e. The molecule has 1 N–H and O–H groups in total. The van der Waals surface area contributed by atoms with Gasteiger partial charge in [0.2, 0.25) is 5.91 Å². The normalized spacial score (nSPS) is 11.1. The van der Waals surface area contributed by atoms with Crippen molar-refractivity contribution in [3.63, 3.8) is 0 Å². The molecule has 5 nitrogen and oxygen atoms in total. The van der Waals surface area contributed by atoms with Gasteiger partial charge >= 0.3 is 0 Å². The van der Waals surface area contributed by atoms with Gasteiger partial charge < -0.3 is 10.2 Å². The lowest BCUT2D eigenvalue weighted by molar-refractivity contribution is -0.127. The van der Waals surface area contributed by atoms with Crippen molar-refractivity contribution in [3.05, 3.63) is 22.5 Å². The van der Waals surface area contributed by atoms with E-state index in [-0.39, 0.29) is 5.91 Å². The summed E-state index contributed by atoms with van der Waals surface area (Å²) in [7, 11) is 3.52. The maximum Gasteiger partial charge on any atom is 0.236 e. The van der Waals surface area contributed by atoms with Gasteiger partial charge in [-0.1, -0.05) is 0 Å². The zero-order valence-electron chi connectivity index (χ0n) is 11.1. The van der Waals surface area contributed by atoms with Gasteiger partial charge in [-0.2, -0.15) is 0 Å². The Balaban J connectivity index is 2.09. The minimum absolute atomic E-state index is 0.0791. The number of hydrogen-bond donors (Lipinski definition) is 1. The number of carbonyl (C=O) groups is 1. The Morgan fingerprint density at radius 3 is 2.89 bits per heavy atom. The molecule has 0 saturated carbocycles. The minimum Gasteiger partial charge on any atom is -0.348 e. The molecule has 0 fully saturated rings. The zero-order chi connectivity index (χ0) is 13.3. The first-order chi connectivity index (χ1) is 8.50. The van der Waals surface area contributed by atoms with E-state index in [9.17, 15) is 4.79 Å². The second kappa shape index (κ2) is 5.07. The van der Waals surface area contributed by atoms with Crippen LogP contribution in [0.1, 0.15) is 17.1 Å². The number of nitrogens with one attached hydrogen (secondary N) is 1. The predicted molar refractivity (Wildman–Crippen MR) is 72.9 cm³/mol. The van der Waals surface area contributed by atoms with Gasteiger partial charge in [-0.3, -0.25) is 9.20 Å². The van der Waals surface area contributed by atoms with Crippen molar-refractivity contribution < 1.29 is 4.79 Å². The standard InChI is InChI=1S/C12H18N4OS/c1-8-7-18-12-14-9(2)10(16(8)12)5-13-6-11(17)15(3)4/h7,13H,5-6H2,1-4H3. The van der Waals surface area contributed by atoms with Crippen LogP contribution in [0, 0.1) is 13.8 Å². The highest BCUT2D eigenvalue weighted by Crippen LogP contribution is 2.20. The van der Waals surface area contributed by atoms with E-state index in [0.29, 0.717) is 13.1 Å². The van der Waals surface area contributed by atoms with E-state index < -0.39 is 0 Å². The SMILES string of the molecule is Cc1nc2scc(C)n2c1CNCC(=O)N(C)C. The number of thiazole rings is 1. The van der Waals surface area contributed by atoms with E-state index in [1.165, 1.54) is 5.69 Å². The number of rotatable bonds is 4. The number of aryl methyl sites for hydroxylation is 2. The largest absolute Gasteiger partial charge is 0.348 e. The summed E-state index contributed by atoms with van der Waals surface area (Å²) in [6, 6.07) is 0. The van der Waals surface area contributed by atoms with Crippen LogP contribution in [0.5, 0.6) is 0 Å². The molecule has 18 heavy (non-hydrogen) atoms. The van der Waals surface area contributed by atoms with Gasteiger partial charge in [0.25, 0.3) is 0 Å². The maximum atomic E-state index is 11.5. The molecule has 0 aromatic carbocycles. The maximum absolute atomic E-state index is 11.5. The summed E-state index contributed by atoms with van der Waals surface area (Å²) >= 11 is 1.64. The number of likely N-dealkylation sites (N-methyl/N-ethyl adjacent to an activating group) is 1. The van der Waals surface area contributed by atoms with Gasteiger partial charge in [0, 0.05) is 31.7 Å². The Hall–Kier alpha value is -1.40. The van der Waals surface area contributed by atoms with Crippen LogP contribution in [0.25, 0.3) is 4.96 Å². The fourth-order valence-electron chi connectivity index (χ4n) is 1.82. The van der Waals surface area contributed by atoms with Gasteiger partial charge in [0.05, 0.1) is 17.9 Å². The third kappa shape index (κ3) is 2.39. The average Bonchev–Trinajstić information content (AvgIpc) is 2.80. The molecule has 0 bridgehead atoms. The topological polar surface area (TPSA) is 49.6 Å². The van der Waals surface area contributed by atoms with E-state index in [1.807, 2.05) is 6.92 Å². The Morgan fingerprint density at radius 2 is 2.22 bits per heavy atom. The number of fused-ring (bicyclic) bond motifs is 1. The number of aromatic nitrogens is 2. The van der Waals surface area contributed by atoms with E-state index in [1.54, 1.807) is 30.3 Å². The minimum atomic E-state index is 0.0791. The molecule has 0 radical (unpaired) electrons. The molecule has 98 valence electrons. The van der Waals surface area contributed by atoms with Crippen LogP contribution in [0.3, 0.4) is 0 Å². The third-order valence-electron chi connectivity index (χ3n) is 2.90. The summed E-state index contributed by atoms with van der Waals surface area (Å²) < 4.78 is 2.15. The van der Waals surface area contributed by atoms with E-state index in [4.69, 9.17) is 0 Å². The molecule has 2 aromatic rings. The molecular formula is C12H18N4OS. The molecule has 0 saturated heterocycles. The van der Waals surface area contributed by atoms with Crippen LogP contribution >= 0.6 is 11.3 Å². The van der Waals surface area contributed by atoms with E-state index >= 15 is 0 Å². The lowest BCUT2D eigenvalue weighted by Gasteiger charge is -2.11. The predicted octanol–water partition coefficient (Wildman–Crippen LogP) is 1.19. The second-order valence-corrected chi connectivity index (χ2v) is 5.37. The molecule has 0 spiro atoms. The fraction of sp³-hybridized carbons (Fsp3) is 0.500. The summed E-state index contributed by atoms with van der Waals surface area (Å²) in [6.45, 7) is 5.08. The highest BCUT2D eigenvalue weighted by atomic mass is 32.1. The highest BCUT2D eigenvalue weighted by Gasteiger charge is 2.12. The molecule has 2 heterocycles. The van der Waals surface area contributed by atoms with Gasteiger partial charge in [-0.25, -0.2) is 4.98 Å². The van der Waals surface area contributed by atoms with Crippen LogP contribution < -0.4 is 5.32 Å². The quantitative estimate of drug-likeness (QED) is 0.904. The molecule has 0 aliphatic rings. The number of amides is 1. The fourth-order valence-corrected chi connectivity index (χ4v) is 2.75. The lowest BCUT2D eigenvalue weighted by Crippen LogP contribution is -2.33. The third-order valence-corrected chi connectivity index (χ3v) is 3.84. The Labute approximate surface area is 110 Å². The number of carbonyl (C=O) groups excluding carboxylic acids is 1. The Bertz CT molecular complexity index is 570. The first kappa shape index (κ1) is 13.0. The summed E-state index contributed by atoms with van der Waals surface area (Å²) in [4.78, 5) is 18.6. The van der Waals surface area contributed by atoms with E-state index in [0.717, 1.165) is 16.3 Å².